The number of hydrogen-bond donors (Lipinski definition) is 1. The molecule has 25 heavy (non-hydrogen) atoms. The van der Waals surface area contributed by atoms with Gasteiger partial charge in [0, 0.05) is 18.7 Å². The second-order valence-electron chi connectivity index (χ2n) is 5.69. The molecule has 0 saturated heterocycles. The number of carbonyl (C=O) groups is 1. The first-order valence-electron chi connectivity index (χ1n) is 7.81. The minimum atomic E-state index is -0.997. The number of benzene rings is 2. The molecule has 2 aromatic rings. The number of amides is 1. The van der Waals surface area contributed by atoms with Crippen LogP contribution in [0.2, 0.25) is 0 Å². The number of nitro benzene ring substituents is 1. The van der Waals surface area contributed by atoms with Crippen molar-refractivity contribution in [2.75, 3.05) is 6.54 Å². The molecule has 0 radical (unpaired) electrons. The van der Waals surface area contributed by atoms with Crippen LogP contribution in [0.25, 0.3) is 0 Å². The molecule has 0 aromatic heterocycles. The third-order valence-corrected chi connectivity index (χ3v) is 3.74. The van der Waals surface area contributed by atoms with Gasteiger partial charge in [-0.2, -0.15) is 0 Å². The Bertz CT molecular complexity index is 752. The maximum Gasteiger partial charge on any atom is 0.311 e. The van der Waals surface area contributed by atoms with Crippen LogP contribution in [0.4, 0.5) is 10.1 Å². The van der Waals surface area contributed by atoms with Gasteiger partial charge in [-0.25, -0.2) is 4.39 Å². The normalized spacial score (nSPS) is 12.9. The summed E-state index contributed by atoms with van der Waals surface area (Å²) < 4.78 is 18.6. The Morgan fingerprint density at radius 2 is 1.92 bits per heavy atom. The first-order chi connectivity index (χ1) is 11.9. The van der Waals surface area contributed by atoms with Crippen molar-refractivity contribution in [3.8, 4) is 5.75 Å². The summed E-state index contributed by atoms with van der Waals surface area (Å²) in [7, 11) is 0. The van der Waals surface area contributed by atoms with Crippen LogP contribution in [0.15, 0.2) is 48.5 Å². The Morgan fingerprint density at radius 3 is 2.56 bits per heavy atom. The Hall–Kier alpha value is -2.96. The van der Waals surface area contributed by atoms with Crippen molar-refractivity contribution in [1.82, 2.24) is 5.32 Å². The van der Waals surface area contributed by atoms with Gasteiger partial charge in [0.2, 0.25) is 5.75 Å². The molecule has 2 rings (SSSR count). The van der Waals surface area contributed by atoms with Gasteiger partial charge in [-0.1, -0.05) is 37.3 Å². The molecule has 0 aliphatic carbocycles. The van der Waals surface area contributed by atoms with Crippen molar-refractivity contribution in [3.63, 3.8) is 0 Å². The highest BCUT2D eigenvalue weighted by Gasteiger charge is 2.22. The van der Waals surface area contributed by atoms with E-state index in [-0.39, 0.29) is 11.7 Å². The highest BCUT2D eigenvalue weighted by molar-refractivity contribution is 5.80. The lowest BCUT2D eigenvalue weighted by atomic mass is 10.0. The van der Waals surface area contributed by atoms with E-state index in [2.05, 4.69) is 5.32 Å². The summed E-state index contributed by atoms with van der Waals surface area (Å²) in [6.45, 7) is 3.82. The molecule has 6 nitrogen and oxygen atoms in total. The first kappa shape index (κ1) is 18.4. The summed E-state index contributed by atoms with van der Waals surface area (Å²) in [6.07, 6.45) is -0.997. The number of nitrogens with one attached hydrogen (secondary N) is 1. The molecule has 0 spiro atoms. The molecule has 0 bridgehead atoms. The molecule has 0 unspecified atom stereocenters. The second-order valence-corrected chi connectivity index (χ2v) is 5.69. The number of rotatable bonds is 7. The molecular weight excluding hydrogens is 327 g/mol. The number of nitrogens with zero attached hydrogens (tertiary/aromatic N) is 1. The Labute approximate surface area is 144 Å². The molecule has 2 atom stereocenters. The van der Waals surface area contributed by atoms with Crippen LogP contribution >= 0.6 is 0 Å². The Balaban J connectivity index is 1.97. The monoisotopic (exact) mass is 346 g/mol. The predicted octanol–water partition coefficient (Wildman–Crippen LogP) is 3.42. The van der Waals surface area contributed by atoms with Crippen molar-refractivity contribution in [1.29, 1.82) is 0 Å². The summed E-state index contributed by atoms with van der Waals surface area (Å²) in [5.41, 5.74) is 0.691. The van der Waals surface area contributed by atoms with E-state index < -0.39 is 28.4 Å². The number of ether oxygens (including phenoxy) is 1. The predicted molar refractivity (Wildman–Crippen MR) is 91.0 cm³/mol. The van der Waals surface area contributed by atoms with E-state index in [4.69, 9.17) is 4.74 Å². The Morgan fingerprint density at radius 1 is 1.24 bits per heavy atom. The molecule has 0 aliphatic heterocycles. The smallest absolute Gasteiger partial charge is 0.311 e. The molecule has 1 amide bonds. The minimum absolute atomic E-state index is 0.0980. The summed E-state index contributed by atoms with van der Waals surface area (Å²) in [6, 6.07) is 12.6. The Kier molecular flexibility index (Phi) is 6.05. The van der Waals surface area contributed by atoms with Crippen LogP contribution < -0.4 is 10.1 Å². The fraction of sp³-hybridized carbons (Fsp3) is 0.278. The molecular formula is C18H19FN2O4. The van der Waals surface area contributed by atoms with Gasteiger partial charge in [0.1, 0.15) is 5.82 Å². The van der Waals surface area contributed by atoms with Crippen molar-refractivity contribution >= 4 is 11.6 Å². The summed E-state index contributed by atoms with van der Waals surface area (Å²) in [5.74, 6) is -1.28. The van der Waals surface area contributed by atoms with Gasteiger partial charge in [0.05, 0.1) is 4.92 Å². The highest BCUT2D eigenvalue weighted by Crippen LogP contribution is 2.28. The van der Waals surface area contributed by atoms with Gasteiger partial charge in [-0.15, -0.1) is 0 Å². The van der Waals surface area contributed by atoms with E-state index in [0.29, 0.717) is 6.54 Å². The van der Waals surface area contributed by atoms with Crippen LogP contribution in [-0.4, -0.2) is 23.5 Å². The largest absolute Gasteiger partial charge is 0.474 e. The lowest BCUT2D eigenvalue weighted by Gasteiger charge is -2.17. The zero-order valence-corrected chi connectivity index (χ0v) is 13.9. The lowest BCUT2D eigenvalue weighted by Crippen LogP contribution is -2.38. The van der Waals surface area contributed by atoms with Gasteiger partial charge in [0.15, 0.2) is 6.10 Å². The molecule has 0 heterocycles. The van der Waals surface area contributed by atoms with Crippen LogP contribution in [-0.2, 0) is 4.79 Å². The summed E-state index contributed by atoms with van der Waals surface area (Å²) >= 11 is 0. The van der Waals surface area contributed by atoms with Crippen molar-refractivity contribution in [2.24, 2.45) is 0 Å². The molecule has 0 aliphatic rings. The van der Waals surface area contributed by atoms with E-state index in [1.54, 1.807) is 0 Å². The van der Waals surface area contributed by atoms with E-state index in [1.165, 1.54) is 6.92 Å². The number of nitro groups is 1. The average molecular weight is 346 g/mol. The molecule has 1 N–H and O–H groups in total. The molecule has 7 heteroatoms. The quantitative estimate of drug-likeness (QED) is 0.615. The average Bonchev–Trinajstić information content (AvgIpc) is 2.59. The van der Waals surface area contributed by atoms with Gasteiger partial charge in [-0.3, -0.25) is 14.9 Å². The summed E-state index contributed by atoms with van der Waals surface area (Å²) in [4.78, 5) is 22.4. The lowest BCUT2D eigenvalue weighted by molar-refractivity contribution is -0.386. The van der Waals surface area contributed by atoms with Crippen molar-refractivity contribution < 1.29 is 18.8 Å². The maximum absolute atomic E-state index is 13.3. The van der Waals surface area contributed by atoms with Crippen LogP contribution in [0.1, 0.15) is 25.3 Å². The number of carbonyl (C=O) groups excluding carboxylic acids is 1. The van der Waals surface area contributed by atoms with Crippen LogP contribution in [0.3, 0.4) is 0 Å². The third kappa shape index (κ3) is 5.00. The highest BCUT2D eigenvalue weighted by atomic mass is 19.1. The SMILES string of the molecule is C[C@H](CNC(=O)[C@@H](C)Oc1cc(F)ccc1[N+](=O)[O-])c1ccccc1. The van der Waals surface area contributed by atoms with Crippen LogP contribution in [0.5, 0.6) is 5.75 Å². The standard InChI is InChI=1S/C18H19FN2O4/c1-12(14-6-4-3-5-7-14)11-20-18(22)13(2)25-17-10-15(19)8-9-16(17)21(23)24/h3-10,12-13H,11H2,1-2H3,(H,20,22)/t12-,13-/m1/s1. The number of hydrogen-bond acceptors (Lipinski definition) is 4. The van der Waals surface area contributed by atoms with Gasteiger partial charge in [-0.05, 0) is 24.5 Å². The third-order valence-electron chi connectivity index (χ3n) is 3.74. The molecule has 0 fully saturated rings. The fourth-order valence-electron chi connectivity index (χ4n) is 2.27. The fourth-order valence-corrected chi connectivity index (χ4v) is 2.27. The minimum Gasteiger partial charge on any atom is -0.474 e. The van der Waals surface area contributed by atoms with E-state index in [0.717, 1.165) is 23.8 Å². The van der Waals surface area contributed by atoms with Crippen molar-refractivity contribution in [3.05, 3.63) is 70.0 Å². The van der Waals surface area contributed by atoms with Gasteiger partial charge >= 0.3 is 5.69 Å². The van der Waals surface area contributed by atoms with Gasteiger partial charge in [0.25, 0.3) is 5.91 Å². The van der Waals surface area contributed by atoms with E-state index in [1.807, 2.05) is 37.3 Å². The second kappa shape index (κ2) is 8.23. The zero-order valence-electron chi connectivity index (χ0n) is 13.9. The zero-order chi connectivity index (χ0) is 18.4. The molecule has 0 saturated carbocycles. The van der Waals surface area contributed by atoms with Crippen LogP contribution in [0, 0.1) is 15.9 Å². The maximum atomic E-state index is 13.3. The van der Waals surface area contributed by atoms with E-state index in [9.17, 15) is 19.3 Å². The molecule has 2 aromatic carbocycles. The van der Waals surface area contributed by atoms with E-state index >= 15 is 0 Å². The first-order valence-corrected chi connectivity index (χ1v) is 7.81. The van der Waals surface area contributed by atoms with Crippen molar-refractivity contribution in [2.45, 2.75) is 25.9 Å². The number of halogens is 1. The molecule has 132 valence electrons. The topological polar surface area (TPSA) is 81.5 Å². The van der Waals surface area contributed by atoms with Gasteiger partial charge < -0.3 is 10.1 Å². The summed E-state index contributed by atoms with van der Waals surface area (Å²) in [5, 5.41) is 13.7.